The first-order chi connectivity index (χ1) is 19.6. The zero-order valence-electron chi connectivity index (χ0n) is 23.6. The number of amides is 2. The molecule has 1 fully saturated rings. The van der Waals surface area contributed by atoms with Crippen molar-refractivity contribution in [1.82, 2.24) is 4.90 Å². The summed E-state index contributed by atoms with van der Waals surface area (Å²) in [6.07, 6.45) is -0.903. The number of anilines is 1. The van der Waals surface area contributed by atoms with Gasteiger partial charge in [0.1, 0.15) is 0 Å². The number of ether oxygens (including phenoxy) is 1. The lowest BCUT2D eigenvalue weighted by atomic mass is 9.82. The van der Waals surface area contributed by atoms with E-state index in [2.05, 4.69) is 0 Å². The fourth-order valence-electron chi connectivity index (χ4n) is 6.66. The number of benzene rings is 3. The van der Waals surface area contributed by atoms with Crippen molar-refractivity contribution < 1.29 is 23.5 Å². The molecule has 1 saturated heterocycles. The Balaban J connectivity index is 1.50. The molecule has 0 aliphatic carbocycles. The third-order valence-corrected chi connectivity index (χ3v) is 11.1. The number of hydrogen-bond donors (Lipinski definition) is 1. The summed E-state index contributed by atoms with van der Waals surface area (Å²) in [4.78, 5) is 31.4. The number of carbonyl (C=O) groups is 2. The molecule has 0 bridgehead atoms. The molecule has 3 aromatic rings. The van der Waals surface area contributed by atoms with Gasteiger partial charge in [0.15, 0.2) is 5.60 Å². The maximum atomic E-state index is 16.1. The molecule has 4 atom stereocenters. The number of halogens is 2. The molecule has 9 heteroatoms. The largest absolute Gasteiger partial charge is 0.395 e. The Morgan fingerprint density at radius 3 is 2.32 bits per heavy atom. The van der Waals surface area contributed by atoms with Crippen LogP contribution >= 0.6 is 11.6 Å². The average molecular weight is 595 g/mol. The Hall–Kier alpha value is -3.04. The fourth-order valence-corrected chi connectivity index (χ4v) is 9.33. The zero-order chi connectivity index (χ0) is 29.4. The van der Waals surface area contributed by atoms with Gasteiger partial charge in [-0.2, -0.15) is 0 Å². The molecular formula is C32H36ClFN2O4Si. The quantitative estimate of drug-likeness (QED) is 0.241. The molecule has 2 aliphatic heterocycles. The molecular weight excluding hydrogens is 559 g/mol. The van der Waals surface area contributed by atoms with Crippen LogP contribution in [0.4, 0.5) is 9.80 Å². The standard InChI is InChI=1S/C32H36ClFN2O4Si/c1-22-30(41(2,3)34)28(19-29(38)35(16-17-37)20-23-10-6-4-7-11-23)40-32(22)26-18-25(33)14-15-27(26)36(31(32)39)21-24-12-8-5-9-13-24/h4-15,18,22,28,30,37H,16-17,19-21H2,1-3H3/t22-,28+,30-,32+/m1/s1. The number of fused-ring (bicyclic) bond motifs is 2. The lowest BCUT2D eigenvalue weighted by molar-refractivity contribution is -0.150. The second kappa shape index (κ2) is 11.7. The highest BCUT2D eigenvalue weighted by Gasteiger charge is 2.67. The first-order valence-corrected chi connectivity index (χ1v) is 17.3. The first kappa shape index (κ1) is 29.4. The molecule has 216 valence electrons. The SMILES string of the molecule is C[C@@H]1[C@@H]([Si](C)(C)F)[C@H](CC(=O)N(CCO)Cc2ccccc2)O[C@@]12C(=O)N(Cc1ccccc1)c1ccc(Cl)cc12. The van der Waals surface area contributed by atoms with E-state index in [0.717, 1.165) is 11.1 Å². The lowest BCUT2D eigenvalue weighted by Crippen LogP contribution is -2.45. The van der Waals surface area contributed by atoms with Gasteiger partial charge in [-0.05, 0) is 42.4 Å². The zero-order valence-corrected chi connectivity index (χ0v) is 25.4. The molecule has 6 nitrogen and oxygen atoms in total. The molecule has 0 radical (unpaired) electrons. The lowest BCUT2D eigenvalue weighted by Gasteiger charge is -2.31. The molecule has 0 unspecified atom stereocenters. The summed E-state index contributed by atoms with van der Waals surface area (Å²) in [5, 5.41) is 10.2. The van der Waals surface area contributed by atoms with Gasteiger partial charge in [-0.25, -0.2) is 0 Å². The van der Waals surface area contributed by atoms with Crippen LogP contribution in [0.15, 0.2) is 78.9 Å². The molecule has 2 aliphatic rings. The van der Waals surface area contributed by atoms with Gasteiger partial charge in [-0.3, -0.25) is 9.59 Å². The van der Waals surface area contributed by atoms with Crippen molar-refractivity contribution in [3.05, 3.63) is 101 Å². The minimum absolute atomic E-state index is 0.0915. The van der Waals surface area contributed by atoms with Crippen LogP contribution in [0, 0.1) is 5.92 Å². The van der Waals surface area contributed by atoms with Crippen molar-refractivity contribution in [2.75, 3.05) is 18.1 Å². The second-order valence-electron chi connectivity index (χ2n) is 11.5. The number of aliphatic hydroxyl groups is 1. The number of rotatable bonds is 9. The Labute approximate surface area is 246 Å². The summed E-state index contributed by atoms with van der Waals surface area (Å²) < 4.78 is 22.9. The van der Waals surface area contributed by atoms with E-state index < -0.39 is 31.6 Å². The van der Waals surface area contributed by atoms with Crippen LogP contribution in [0.3, 0.4) is 0 Å². The summed E-state index contributed by atoms with van der Waals surface area (Å²) in [5.74, 6) is -1.04. The Morgan fingerprint density at radius 1 is 1.07 bits per heavy atom. The predicted octanol–water partition coefficient (Wildman–Crippen LogP) is 6.07. The maximum absolute atomic E-state index is 16.1. The molecule has 41 heavy (non-hydrogen) atoms. The molecule has 1 N–H and O–H groups in total. The normalized spacial score (nSPS) is 23.7. The van der Waals surface area contributed by atoms with E-state index in [4.69, 9.17) is 16.3 Å². The minimum atomic E-state index is -3.45. The number of carbonyl (C=O) groups excluding carboxylic acids is 2. The second-order valence-corrected chi connectivity index (χ2v) is 15.8. The number of nitrogens with zero attached hydrogens (tertiary/aromatic N) is 2. The Bertz CT molecular complexity index is 1400. The van der Waals surface area contributed by atoms with Crippen molar-refractivity contribution in [3.8, 4) is 0 Å². The van der Waals surface area contributed by atoms with Crippen LogP contribution in [0.5, 0.6) is 0 Å². The third kappa shape index (κ3) is 5.58. The monoisotopic (exact) mass is 594 g/mol. The van der Waals surface area contributed by atoms with Crippen molar-refractivity contribution >= 4 is 37.5 Å². The molecule has 1 spiro atoms. The van der Waals surface area contributed by atoms with Crippen molar-refractivity contribution in [1.29, 1.82) is 0 Å². The maximum Gasteiger partial charge on any atom is 0.264 e. The summed E-state index contributed by atoms with van der Waals surface area (Å²) in [7, 11) is -3.45. The topological polar surface area (TPSA) is 70.1 Å². The van der Waals surface area contributed by atoms with Gasteiger partial charge in [-0.15, -0.1) is 0 Å². The van der Waals surface area contributed by atoms with Gasteiger partial charge >= 0.3 is 0 Å². The number of hydrogen-bond acceptors (Lipinski definition) is 4. The van der Waals surface area contributed by atoms with E-state index in [1.807, 2.05) is 73.7 Å². The first-order valence-electron chi connectivity index (χ1n) is 14.0. The van der Waals surface area contributed by atoms with E-state index >= 15 is 4.11 Å². The van der Waals surface area contributed by atoms with Crippen LogP contribution in [-0.4, -0.2) is 49.5 Å². The average Bonchev–Trinajstić information content (AvgIpc) is 3.36. The van der Waals surface area contributed by atoms with Gasteiger partial charge in [0, 0.05) is 35.1 Å². The highest BCUT2D eigenvalue weighted by Crippen LogP contribution is 2.60. The van der Waals surface area contributed by atoms with E-state index in [-0.39, 0.29) is 31.4 Å². The third-order valence-electron chi connectivity index (χ3n) is 8.42. The molecule has 0 aromatic heterocycles. The summed E-state index contributed by atoms with van der Waals surface area (Å²) in [6, 6.07) is 24.5. The van der Waals surface area contributed by atoms with Crippen LogP contribution < -0.4 is 4.90 Å². The smallest absolute Gasteiger partial charge is 0.264 e. The predicted molar refractivity (Wildman–Crippen MR) is 161 cm³/mol. The molecule has 0 saturated carbocycles. The van der Waals surface area contributed by atoms with Gasteiger partial charge < -0.3 is 23.8 Å². The molecule has 2 heterocycles. The molecule has 5 rings (SSSR count). The van der Waals surface area contributed by atoms with E-state index in [1.54, 1.807) is 35.0 Å². The van der Waals surface area contributed by atoms with Crippen molar-refractivity contribution in [2.45, 2.75) is 56.8 Å². The number of aliphatic hydroxyl groups excluding tert-OH is 1. The van der Waals surface area contributed by atoms with Gasteiger partial charge in [0.05, 0.1) is 31.4 Å². The summed E-state index contributed by atoms with van der Waals surface area (Å²) in [5.41, 5.74) is 1.11. The van der Waals surface area contributed by atoms with Crippen LogP contribution in [0.1, 0.15) is 30.0 Å². The minimum Gasteiger partial charge on any atom is -0.395 e. The van der Waals surface area contributed by atoms with Gasteiger partial charge in [0.25, 0.3) is 5.91 Å². The van der Waals surface area contributed by atoms with Crippen molar-refractivity contribution in [3.63, 3.8) is 0 Å². The Morgan fingerprint density at radius 2 is 1.71 bits per heavy atom. The summed E-state index contributed by atoms with van der Waals surface area (Å²) in [6.45, 7) is 5.69. The van der Waals surface area contributed by atoms with Gasteiger partial charge in [-0.1, -0.05) is 79.2 Å². The van der Waals surface area contributed by atoms with E-state index in [1.165, 1.54) is 0 Å². The Kier molecular flexibility index (Phi) is 8.39. The van der Waals surface area contributed by atoms with Crippen molar-refractivity contribution in [2.24, 2.45) is 5.92 Å². The summed E-state index contributed by atoms with van der Waals surface area (Å²) >= 11 is 6.45. The van der Waals surface area contributed by atoms with Crippen LogP contribution in [0.2, 0.25) is 23.7 Å². The highest BCUT2D eigenvalue weighted by atomic mass is 35.5. The van der Waals surface area contributed by atoms with Crippen LogP contribution in [-0.2, 0) is 33.0 Å². The van der Waals surface area contributed by atoms with Gasteiger partial charge in [0.2, 0.25) is 14.3 Å². The highest BCUT2D eigenvalue weighted by molar-refractivity contribution is 6.72. The fraction of sp³-hybridized carbons (Fsp3) is 0.375. The van der Waals surface area contributed by atoms with E-state index in [0.29, 0.717) is 29.4 Å². The van der Waals surface area contributed by atoms with Crippen LogP contribution in [0.25, 0.3) is 0 Å². The van der Waals surface area contributed by atoms with E-state index in [9.17, 15) is 14.7 Å². The molecule has 2 amide bonds. The molecule has 3 aromatic carbocycles.